The van der Waals surface area contributed by atoms with E-state index in [-0.39, 0.29) is 12.3 Å². The number of benzene rings is 2. The fraction of sp³-hybridized carbons (Fsp3) is 0.263. The Kier molecular flexibility index (Phi) is 5.16. The second-order valence-corrected chi connectivity index (χ2v) is 6.09. The topological polar surface area (TPSA) is 66.8 Å². The van der Waals surface area contributed by atoms with Crippen LogP contribution in [0, 0.1) is 17.6 Å². The minimum Gasteiger partial charge on any atom is -0.481 e. The molecule has 0 spiro atoms. The molecular formula is C19H17F2NO4. The maximum absolute atomic E-state index is 13.5. The number of carbonyl (C=O) groups is 2. The molecule has 1 fully saturated rings. The van der Waals surface area contributed by atoms with E-state index in [4.69, 9.17) is 9.84 Å². The number of amides is 1. The van der Waals surface area contributed by atoms with Crippen molar-refractivity contribution in [2.24, 2.45) is 5.92 Å². The van der Waals surface area contributed by atoms with Crippen LogP contribution in [0.1, 0.15) is 18.1 Å². The Morgan fingerprint density at radius 1 is 1.12 bits per heavy atom. The first kappa shape index (κ1) is 17.8. The molecule has 1 aliphatic heterocycles. The summed E-state index contributed by atoms with van der Waals surface area (Å²) in [6.07, 6.45) is -0.707. The highest BCUT2D eigenvalue weighted by atomic mass is 19.2. The van der Waals surface area contributed by atoms with Gasteiger partial charge in [-0.2, -0.15) is 0 Å². The molecule has 2 atom stereocenters. The van der Waals surface area contributed by atoms with Crippen molar-refractivity contribution < 1.29 is 28.2 Å². The van der Waals surface area contributed by atoms with E-state index >= 15 is 0 Å². The molecule has 1 N–H and O–H groups in total. The SMILES string of the molecule is O=C(O)C1CCN(C(=O)C(Oc2ccc(F)c(F)c2)c2ccccc2)C1. The van der Waals surface area contributed by atoms with Gasteiger partial charge in [-0.3, -0.25) is 9.59 Å². The average molecular weight is 361 g/mol. The predicted molar refractivity (Wildman–Crippen MR) is 88.5 cm³/mol. The number of hydrogen-bond donors (Lipinski definition) is 1. The molecule has 136 valence electrons. The Bertz CT molecular complexity index is 812. The van der Waals surface area contributed by atoms with E-state index in [1.165, 1.54) is 11.0 Å². The maximum atomic E-state index is 13.5. The van der Waals surface area contributed by atoms with E-state index in [1.54, 1.807) is 30.3 Å². The highest BCUT2D eigenvalue weighted by Gasteiger charge is 2.35. The summed E-state index contributed by atoms with van der Waals surface area (Å²) < 4.78 is 32.2. The number of hydrogen-bond acceptors (Lipinski definition) is 3. The minimum atomic E-state index is -1.08. The summed E-state index contributed by atoms with van der Waals surface area (Å²) in [7, 11) is 0. The zero-order valence-corrected chi connectivity index (χ0v) is 13.8. The standard InChI is InChI=1S/C19H17F2NO4/c20-15-7-6-14(10-16(15)21)26-17(12-4-2-1-3-5-12)18(23)22-9-8-13(11-22)19(24)25/h1-7,10,13,17H,8-9,11H2,(H,24,25). The molecule has 3 rings (SSSR count). The lowest BCUT2D eigenvalue weighted by Crippen LogP contribution is -2.36. The quantitative estimate of drug-likeness (QED) is 0.889. The van der Waals surface area contributed by atoms with Gasteiger partial charge in [0.05, 0.1) is 5.92 Å². The Morgan fingerprint density at radius 3 is 2.46 bits per heavy atom. The zero-order chi connectivity index (χ0) is 18.7. The lowest BCUT2D eigenvalue weighted by molar-refractivity contribution is -0.142. The number of rotatable bonds is 5. The van der Waals surface area contributed by atoms with Crippen molar-refractivity contribution in [3.8, 4) is 5.75 Å². The van der Waals surface area contributed by atoms with Crippen LogP contribution in [0.5, 0.6) is 5.75 Å². The van der Waals surface area contributed by atoms with Crippen molar-refractivity contribution in [2.75, 3.05) is 13.1 Å². The first-order valence-electron chi connectivity index (χ1n) is 8.14. The number of carboxylic acids is 1. The van der Waals surface area contributed by atoms with E-state index in [1.807, 2.05) is 0 Å². The molecule has 0 radical (unpaired) electrons. The van der Waals surface area contributed by atoms with Gasteiger partial charge in [-0.1, -0.05) is 30.3 Å². The summed E-state index contributed by atoms with van der Waals surface area (Å²) in [5.41, 5.74) is 0.543. The van der Waals surface area contributed by atoms with Crippen LogP contribution in [0.15, 0.2) is 48.5 Å². The van der Waals surface area contributed by atoms with Crippen molar-refractivity contribution >= 4 is 11.9 Å². The predicted octanol–water partition coefficient (Wildman–Crippen LogP) is 3.02. The van der Waals surface area contributed by atoms with Crippen LogP contribution in [0.3, 0.4) is 0 Å². The molecule has 0 aliphatic carbocycles. The van der Waals surface area contributed by atoms with Gasteiger partial charge in [-0.25, -0.2) is 8.78 Å². The molecule has 26 heavy (non-hydrogen) atoms. The Labute approximate surface area is 148 Å². The summed E-state index contributed by atoms with van der Waals surface area (Å²) in [6, 6.07) is 11.7. The summed E-state index contributed by atoms with van der Waals surface area (Å²) in [5, 5.41) is 9.11. The van der Waals surface area contributed by atoms with Crippen LogP contribution in [-0.2, 0) is 9.59 Å². The molecule has 2 aromatic rings. The lowest BCUT2D eigenvalue weighted by atomic mass is 10.1. The van der Waals surface area contributed by atoms with Gasteiger partial charge >= 0.3 is 5.97 Å². The summed E-state index contributed by atoms with van der Waals surface area (Å²) in [4.78, 5) is 25.5. The fourth-order valence-corrected chi connectivity index (χ4v) is 2.90. The highest BCUT2D eigenvalue weighted by Crippen LogP contribution is 2.28. The third-order valence-corrected chi connectivity index (χ3v) is 4.32. The Morgan fingerprint density at radius 2 is 1.85 bits per heavy atom. The summed E-state index contributed by atoms with van der Waals surface area (Å²) >= 11 is 0. The van der Waals surface area contributed by atoms with Gasteiger partial charge in [-0.05, 0) is 18.6 Å². The molecule has 0 saturated carbocycles. The number of halogens is 2. The smallest absolute Gasteiger partial charge is 0.308 e. The van der Waals surface area contributed by atoms with Crippen LogP contribution in [0.25, 0.3) is 0 Å². The summed E-state index contributed by atoms with van der Waals surface area (Å²) in [6.45, 7) is 0.402. The molecular weight excluding hydrogens is 344 g/mol. The largest absolute Gasteiger partial charge is 0.481 e. The normalized spacial score (nSPS) is 17.8. The van der Waals surface area contributed by atoms with E-state index in [0.29, 0.717) is 18.5 Å². The zero-order valence-electron chi connectivity index (χ0n) is 13.8. The van der Waals surface area contributed by atoms with Gasteiger partial charge in [0.2, 0.25) is 6.10 Å². The number of nitrogens with zero attached hydrogens (tertiary/aromatic N) is 1. The van der Waals surface area contributed by atoms with Crippen molar-refractivity contribution in [2.45, 2.75) is 12.5 Å². The second-order valence-electron chi connectivity index (χ2n) is 6.09. The fourth-order valence-electron chi connectivity index (χ4n) is 2.90. The van der Waals surface area contributed by atoms with Crippen LogP contribution in [0.2, 0.25) is 0 Å². The molecule has 0 aromatic heterocycles. The van der Waals surface area contributed by atoms with Crippen LogP contribution >= 0.6 is 0 Å². The number of carbonyl (C=O) groups excluding carboxylic acids is 1. The van der Waals surface area contributed by atoms with Gasteiger partial charge in [-0.15, -0.1) is 0 Å². The minimum absolute atomic E-state index is 0.0140. The first-order chi connectivity index (χ1) is 12.5. The van der Waals surface area contributed by atoms with Crippen molar-refractivity contribution in [1.29, 1.82) is 0 Å². The molecule has 5 nitrogen and oxygen atoms in total. The van der Waals surface area contributed by atoms with E-state index in [9.17, 15) is 18.4 Å². The van der Waals surface area contributed by atoms with Gasteiger partial charge < -0.3 is 14.7 Å². The Balaban J connectivity index is 1.85. The number of carboxylic acid groups (broad SMARTS) is 1. The van der Waals surface area contributed by atoms with Crippen molar-refractivity contribution in [3.63, 3.8) is 0 Å². The molecule has 2 aromatic carbocycles. The van der Waals surface area contributed by atoms with Crippen LogP contribution in [-0.4, -0.2) is 35.0 Å². The average Bonchev–Trinajstić information content (AvgIpc) is 3.13. The summed E-state index contributed by atoms with van der Waals surface area (Å²) in [5.74, 6) is -4.04. The monoisotopic (exact) mass is 361 g/mol. The molecule has 2 unspecified atom stereocenters. The van der Waals surface area contributed by atoms with E-state index in [0.717, 1.165) is 12.1 Å². The highest BCUT2D eigenvalue weighted by molar-refractivity contribution is 5.84. The molecule has 7 heteroatoms. The molecule has 0 bridgehead atoms. The number of likely N-dealkylation sites (tertiary alicyclic amines) is 1. The Hall–Kier alpha value is -2.96. The maximum Gasteiger partial charge on any atom is 0.308 e. The molecule has 1 amide bonds. The molecule has 1 aliphatic rings. The number of ether oxygens (including phenoxy) is 1. The van der Waals surface area contributed by atoms with Gasteiger partial charge in [0.15, 0.2) is 11.6 Å². The second kappa shape index (κ2) is 7.51. The van der Waals surface area contributed by atoms with Gasteiger partial charge in [0.1, 0.15) is 5.75 Å². The first-order valence-corrected chi connectivity index (χ1v) is 8.14. The van der Waals surface area contributed by atoms with Crippen LogP contribution in [0.4, 0.5) is 8.78 Å². The van der Waals surface area contributed by atoms with Crippen molar-refractivity contribution in [3.05, 3.63) is 65.7 Å². The van der Waals surface area contributed by atoms with Gasteiger partial charge in [0, 0.05) is 24.7 Å². The third-order valence-electron chi connectivity index (χ3n) is 4.32. The molecule has 1 heterocycles. The van der Waals surface area contributed by atoms with Crippen molar-refractivity contribution in [1.82, 2.24) is 4.90 Å². The van der Waals surface area contributed by atoms with E-state index in [2.05, 4.69) is 0 Å². The van der Waals surface area contributed by atoms with E-state index < -0.39 is 35.5 Å². The van der Waals surface area contributed by atoms with Gasteiger partial charge in [0.25, 0.3) is 5.91 Å². The lowest BCUT2D eigenvalue weighted by Gasteiger charge is -2.24. The van der Waals surface area contributed by atoms with Crippen LogP contribution < -0.4 is 4.74 Å². The molecule has 1 saturated heterocycles. The third kappa shape index (κ3) is 3.82. The number of aliphatic carboxylic acids is 1.